The summed E-state index contributed by atoms with van der Waals surface area (Å²) in [5.74, 6) is -0.462. The fraction of sp³-hybridized carbons (Fsp3) is 0.455. The average Bonchev–Trinajstić information content (AvgIpc) is 3.06. The number of hydrogen-bond donors (Lipinski definition) is 0. The summed E-state index contributed by atoms with van der Waals surface area (Å²) in [4.78, 5) is 19.9. The van der Waals surface area contributed by atoms with E-state index in [0.717, 1.165) is 17.7 Å². The Morgan fingerprint density at radius 2 is 1.79 bits per heavy atom. The lowest BCUT2D eigenvalue weighted by atomic mass is 10.1. The Morgan fingerprint density at radius 3 is 2.36 bits per heavy atom. The number of sulfone groups is 1. The van der Waals surface area contributed by atoms with E-state index in [0.29, 0.717) is 31.0 Å². The van der Waals surface area contributed by atoms with Crippen molar-refractivity contribution in [2.75, 3.05) is 18.1 Å². The molecule has 11 heteroatoms. The van der Waals surface area contributed by atoms with E-state index < -0.39 is 31.8 Å². The number of nitrogens with zero attached hydrogens (tertiary/aromatic N) is 3. The van der Waals surface area contributed by atoms with E-state index in [1.807, 2.05) is 11.8 Å². The third-order valence-corrected chi connectivity index (χ3v) is 6.68. The molecular weight excluding hydrogens is 459 g/mol. The molecule has 0 bridgehead atoms. The average molecular weight is 486 g/mol. The van der Waals surface area contributed by atoms with Crippen LogP contribution < -0.4 is 4.90 Å². The van der Waals surface area contributed by atoms with Gasteiger partial charge in [0.1, 0.15) is 5.60 Å². The Bertz CT molecular complexity index is 1110. The first-order chi connectivity index (χ1) is 15.2. The van der Waals surface area contributed by atoms with Gasteiger partial charge in [-0.1, -0.05) is 0 Å². The van der Waals surface area contributed by atoms with Crippen LogP contribution in [0.15, 0.2) is 47.6 Å². The van der Waals surface area contributed by atoms with Crippen LogP contribution in [0.25, 0.3) is 0 Å². The Balaban J connectivity index is 1.75. The third-order valence-electron chi connectivity index (χ3n) is 5.18. The van der Waals surface area contributed by atoms with Crippen molar-refractivity contribution in [1.82, 2.24) is 9.88 Å². The van der Waals surface area contributed by atoms with Crippen LogP contribution in [0.3, 0.4) is 0 Å². The molecule has 3 rings (SSSR count). The molecule has 1 unspecified atom stereocenters. The number of carbonyl (C=O) groups excluding carboxylic acids is 1. The van der Waals surface area contributed by atoms with Gasteiger partial charge in [-0.05, 0) is 63.6 Å². The topological polar surface area (TPSA) is 79.8 Å². The molecular formula is C22H26F3N3O4S. The van der Waals surface area contributed by atoms with Crippen molar-refractivity contribution in [2.24, 2.45) is 0 Å². The second-order valence-electron chi connectivity index (χ2n) is 8.94. The van der Waals surface area contributed by atoms with Crippen molar-refractivity contribution >= 4 is 21.5 Å². The molecule has 1 atom stereocenters. The van der Waals surface area contributed by atoms with Crippen molar-refractivity contribution in [1.29, 1.82) is 0 Å². The monoisotopic (exact) mass is 485 g/mol. The highest BCUT2D eigenvalue weighted by atomic mass is 32.2. The number of rotatable bonds is 5. The highest BCUT2D eigenvalue weighted by molar-refractivity contribution is 7.92. The minimum atomic E-state index is -5.38. The molecule has 0 amide bonds. The lowest BCUT2D eigenvalue weighted by molar-refractivity contribution is -0.0436. The van der Waals surface area contributed by atoms with Gasteiger partial charge in [-0.25, -0.2) is 13.2 Å². The number of aromatic nitrogens is 1. The number of benzene rings is 1. The SMILES string of the molecule is CC1CN(c2ccc(S(=O)(=O)C(F)(F)F)cc2)CN1Cc1ccncc1C(=O)OC(C)(C)C. The molecule has 2 heterocycles. The summed E-state index contributed by atoms with van der Waals surface area (Å²) in [6, 6.07) is 6.50. The predicted molar refractivity (Wildman–Crippen MR) is 116 cm³/mol. The highest BCUT2D eigenvalue weighted by Crippen LogP contribution is 2.32. The molecule has 0 saturated carbocycles. The summed E-state index contributed by atoms with van der Waals surface area (Å²) < 4.78 is 66.9. The summed E-state index contributed by atoms with van der Waals surface area (Å²) >= 11 is 0. The lowest BCUT2D eigenvalue weighted by Gasteiger charge is -2.23. The first kappa shape index (κ1) is 25.0. The molecule has 0 N–H and O–H groups in total. The zero-order chi connectivity index (χ0) is 24.6. The van der Waals surface area contributed by atoms with Crippen LogP contribution in [0.4, 0.5) is 18.9 Å². The first-order valence-electron chi connectivity index (χ1n) is 10.3. The molecule has 1 aliphatic heterocycles. The van der Waals surface area contributed by atoms with E-state index in [1.54, 1.807) is 33.0 Å². The normalized spacial score (nSPS) is 17.9. The summed E-state index contributed by atoms with van der Waals surface area (Å²) in [6.45, 7) is 8.82. The van der Waals surface area contributed by atoms with Gasteiger partial charge in [0.15, 0.2) is 0 Å². The van der Waals surface area contributed by atoms with Gasteiger partial charge in [0.2, 0.25) is 0 Å². The van der Waals surface area contributed by atoms with Crippen molar-refractivity contribution < 1.29 is 31.1 Å². The number of carbonyl (C=O) groups is 1. The number of pyridine rings is 1. The molecule has 0 aliphatic carbocycles. The first-order valence-corrected chi connectivity index (χ1v) is 11.7. The Kier molecular flexibility index (Phi) is 6.77. The van der Waals surface area contributed by atoms with Gasteiger partial charge < -0.3 is 9.64 Å². The zero-order valence-electron chi connectivity index (χ0n) is 18.8. The fourth-order valence-corrected chi connectivity index (χ4v) is 4.27. The van der Waals surface area contributed by atoms with Gasteiger partial charge in [-0.2, -0.15) is 13.2 Å². The molecule has 2 aromatic rings. The largest absolute Gasteiger partial charge is 0.501 e. The van der Waals surface area contributed by atoms with Crippen molar-refractivity contribution in [3.63, 3.8) is 0 Å². The number of esters is 1. The summed E-state index contributed by atoms with van der Waals surface area (Å²) in [5, 5.41) is 0. The maximum atomic E-state index is 12.8. The fourth-order valence-electron chi connectivity index (χ4n) is 3.51. The molecule has 1 fully saturated rings. The standard InChI is InChI=1S/C22H26F3N3O4S/c1-15-12-28(17-5-7-18(8-6-17)33(30,31)22(23,24)25)14-27(15)13-16-9-10-26-11-19(16)20(29)32-21(2,3)4/h5-11,15H,12-14H2,1-4H3. The molecule has 0 spiro atoms. The van der Waals surface area contributed by atoms with E-state index >= 15 is 0 Å². The quantitative estimate of drug-likeness (QED) is 0.593. The summed E-state index contributed by atoms with van der Waals surface area (Å²) in [5.41, 5.74) is -4.26. The number of halogens is 3. The van der Waals surface area contributed by atoms with Crippen molar-refractivity contribution in [3.8, 4) is 0 Å². The van der Waals surface area contributed by atoms with Crippen LogP contribution >= 0.6 is 0 Å². The second kappa shape index (κ2) is 8.94. The van der Waals surface area contributed by atoms with Gasteiger partial charge in [0.25, 0.3) is 9.84 Å². The van der Waals surface area contributed by atoms with E-state index in [2.05, 4.69) is 9.88 Å². The Morgan fingerprint density at radius 1 is 1.15 bits per heavy atom. The van der Waals surface area contributed by atoms with Gasteiger partial charge in [-0.15, -0.1) is 0 Å². The summed E-state index contributed by atoms with van der Waals surface area (Å²) in [6.07, 6.45) is 3.07. The molecule has 7 nitrogen and oxygen atoms in total. The minimum absolute atomic E-state index is 0.0724. The molecule has 1 aliphatic rings. The lowest BCUT2D eigenvalue weighted by Crippen LogP contribution is -2.30. The number of anilines is 1. The third kappa shape index (κ3) is 5.64. The highest BCUT2D eigenvalue weighted by Gasteiger charge is 2.46. The van der Waals surface area contributed by atoms with Crippen LogP contribution in [0.5, 0.6) is 0 Å². The van der Waals surface area contributed by atoms with E-state index in [-0.39, 0.29) is 6.04 Å². The zero-order valence-corrected chi connectivity index (χ0v) is 19.6. The molecule has 1 aromatic carbocycles. The Labute approximate surface area is 191 Å². The van der Waals surface area contributed by atoms with Gasteiger partial charge in [0.05, 0.1) is 17.1 Å². The maximum Gasteiger partial charge on any atom is 0.501 e. The van der Waals surface area contributed by atoms with Crippen LogP contribution in [-0.4, -0.2) is 54.6 Å². The van der Waals surface area contributed by atoms with Crippen LogP contribution in [0.2, 0.25) is 0 Å². The van der Waals surface area contributed by atoms with Crippen molar-refractivity contribution in [2.45, 2.75) is 56.3 Å². The smallest absolute Gasteiger partial charge is 0.456 e. The molecule has 1 aromatic heterocycles. The second-order valence-corrected chi connectivity index (χ2v) is 10.9. The van der Waals surface area contributed by atoms with Gasteiger partial charge >= 0.3 is 11.5 Å². The van der Waals surface area contributed by atoms with Gasteiger partial charge in [-0.3, -0.25) is 9.88 Å². The molecule has 180 valence electrons. The molecule has 0 radical (unpaired) electrons. The maximum absolute atomic E-state index is 12.8. The van der Waals surface area contributed by atoms with E-state index in [1.165, 1.54) is 18.3 Å². The van der Waals surface area contributed by atoms with Crippen LogP contribution in [0, 0.1) is 0 Å². The Hall–Kier alpha value is -2.66. The number of alkyl halides is 3. The van der Waals surface area contributed by atoms with E-state index in [4.69, 9.17) is 4.74 Å². The molecule has 1 saturated heterocycles. The van der Waals surface area contributed by atoms with Crippen LogP contribution in [-0.2, 0) is 21.1 Å². The summed E-state index contributed by atoms with van der Waals surface area (Å²) in [7, 11) is -5.38. The van der Waals surface area contributed by atoms with E-state index in [9.17, 15) is 26.4 Å². The predicted octanol–water partition coefficient (Wildman–Crippen LogP) is 4.00. The molecule has 33 heavy (non-hydrogen) atoms. The van der Waals surface area contributed by atoms with Crippen molar-refractivity contribution in [3.05, 3.63) is 53.9 Å². The minimum Gasteiger partial charge on any atom is -0.456 e. The number of ether oxygens (including phenoxy) is 1. The van der Waals surface area contributed by atoms with Gasteiger partial charge in [0, 0.05) is 37.2 Å². The number of hydrogen-bond acceptors (Lipinski definition) is 7. The van der Waals surface area contributed by atoms with Crippen LogP contribution in [0.1, 0.15) is 43.6 Å².